The third-order valence-corrected chi connectivity index (χ3v) is 21.1. The van der Waals surface area contributed by atoms with E-state index in [1.807, 2.05) is 170 Å². The van der Waals surface area contributed by atoms with E-state index in [2.05, 4.69) is 88.6 Å². The first-order chi connectivity index (χ1) is 40.9. The van der Waals surface area contributed by atoms with Crippen LogP contribution in [0.5, 0.6) is 0 Å². The molecule has 9 aromatic rings. The molecule has 0 spiro atoms. The number of esters is 2. The number of oxime groups is 1. The number of ether oxygens (including phenoxy) is 2. The molecule has 1 saturated heterocycles. The molecule has 12 nitrogen and oxygen atoms in total. The normalized spacial score (nSPS) is 15.2. The van der Waals surface area contributed by atoms with Crippen LogP contribution >= 0.6 is 30.4 Å². The van der Waals surface area contributed by atoms with Gasteiger partial charge in [-0.2, -0.15) is 0 Å². The Morgan fingerprint density at radius 2 is 1.08 bits per heavy atom. The average Bonchev–Trinajstić information content (AvgIpc) is 1.66. The van der Waals surface area contributed by atoms with Crippen molar-refractivity contribution in [3.05, 3.63) is 293 Å². The Bertz CT molecular complexity index is 3570. The van der Waals surface area contributed by atoms with Crippen molar-refractivity contribution < 1.29 is 50.5 Å². The number of nitrogens with one attached hydrogen (secondary N) is 2. The molecule has 0 saturated carbocycles. The summed E-state index contributed by atoms with van der Waals surface area (Å²) in [7, 11) is -2.63. The predicted molar refractivity (Wildman–Crippen MR) is 336 cm³/mol. The smallest absolute Gasteiger partial charge is 0.356 e. The molecular weight excluding hydrogens is 1190 g/mol. The zero-order valence-corrected chi connectivity index (χ0v) is 51.0. The highest BCUT2D eigenvalue weighted by Crippen LogP contribution is 2.58. The monoisotopic (exact) mass is 1250 g/mol. The van der Waals surface area contributed by atoms with Gasteiger partial charge in [0.25, 0.3) is 11.8 Å². The Labute approximate surface area is 514 Å². The SMILES string of the molecule is CC(C)(C)OC(=O)CO/N=C(/C(=O)N[C@@H]1C(=O)N2C(C(=O)OC(c3ccccc3)c3ccccc3)=C(C[P+](c3ccccc3)(c3ccccc3)c3ccccc3)CS[C@H]12)c1csc(NC(c2ccccc2)(c2ccccc2)c2ccccc2)n1.[Br-]. The van der Waals surface area contributed by atoms with E-state index in [0.29, 0.717) is 17.0 Å². The molecule has 0 radical (unpaired) electrons. The summed E-state index contributed by atoms with van der Waals surface area (Å²) in [5, 5.41) is 15.7. The molecule has 2 N–H and O–H groups in total. The van der Waals surface area contributed by atoms with Crippen LogP contribution in [0.1, 0.15) is 60.4 Å². The number of aromatic nitrogens is 1. The molecule has 0 bridgehead atoms. The standard InChI is InChI=1S/C69H60N5O7PS2.BrH/c1-68(2,3)81-58(75)44-79-73-59(57-47-84-67(70-57)72-69(51-32-16-6-17-33-51,52-34-18-7-19-35-52)53-36-20-8-21-37-53)63(76)71-60-64(77)74-61(66(78)80-62(48-28-12-4-13-29-48)49-30-14-5-15-31-49)50(46-83-65(60)74)45-82(54-38-22-9-23-39-54,55-40-24-10-25-41-55)56-42-26-11-27-43-56;/h4-43,47,60,62,65H,44-46H2,1-3H3,(H-,70,71,72,76);1H/b73-59+;/t60-,65-;/m1./s1. The summed E-state index contributed by atoms with van der Waals surface area (Å²) in [5.41, 5.74) is 3.28. The van der Waals surface area contributed by atoms with E-state index in [1.165, 1.54) is 28.0 Å². The molecule has 0 aliphatic carbocycles. The van der Waals surface area contributed by atoms with Crippen LogP contribution in [0.3, 0.4) is 0 Å². The number of carbonyl (C=O) groups excluding carboxylic acids is 4. The summed E-state index contributed by atoms with van der Waals surface area (Å²) < 4.78 is 12.2. The highest BCUT2D eigenvalue weighted by Gasteiger charge is 2.57. The number of thioether (sulfide) groups is 1. The number of fused-ring (bicyclic) bond motifs is 1. The van der Waals surface area contributed by atoms with Gasteiger partial charge in [0.15, 0.2) is 16.9 Å². The van der Waals surface area contributed by atoms with Crippen LogP contribution in [0.25, 0.3) is 0 Å². The Balaban J connectivity index is 0.00000803. The lowest BCUT2D eigenvalue weighted by atomic mass is 9.77. The quantitative estimate of drug-likeness (QED) is 0.0190. The van der Waals surface area contributed by atoms with Gasteiger partial charge in [-0.1, -0.05) is 211 Å². The van der Waals surface area contributed by atoms with Crippen LogP contribution in [-0.2, 0) is 39.0 Å². The lowest BCUT2D eigenvalue weighted by molar-refractivity contribution is -0.160. The van der Waals surface area contributed by atoms with E-state index in [0.717, 1.165) is 49.3 Å². The number of halogens is 1. The van der Waals surface area contributed by atoms with E-state index in [9.17, 15) is 4.79 Å². The van der Waals surface area contributed by atoms with Crippen molar-refractivity contribution in [3.63, 3.8) is 0 Å². The van der Waals surface area contributed by atoms with Crippen LogP contribution in [0.4, 0.5) is 5.13 Å². The predicted octanol–water partition coefficient (Wildman–Crippen LogP) is 8.59. The van der Waals surface area contributed by atoms with Crippen molar-refractivity contribution in [3.8, 4) is 0 Å². The number of rotatable bonds is 20. The minimum atomic E-state index is -2.63. The third kappa shape index (κ3) is 12.8. The van der Waals surface area contributed by atoms with Crippen LogP contribution in [-0.4, -0.2) is 74.9 Å². The molecule has 2 aliphatic rings. The van der Waals surface area contributed by atoms with Gasteiger partial charge in [0.1, 0.15) is 57.1 Å². The number of carbonyl (C=O) groups is 4. The molecule has 2 aliphatic heterocycles. The summed E-state index contributed by atoms with van der Waals surface area (Å²) in [4.78, 5) is 71.0. The topological polar surface area (TPSA) is 149 Å². The zero-order valence-electron chi connectivity index (χ0n) is 46.9. The largest absolute Gasteiger partial charge is 1.00 e. The molecule has 16 heteroatoms. The Morgan fingerprint density at radius 1 is 0.647 bits per heavy atom. The van der Waals surface area contributed by atoms with Gasteiger partial charge in [-0.3, -0.25) is 14.5 Å². The highest BCUT2D eigenvalue weighted by molar-refractivity contribution is 8.00. The second-order valence-corrected chi connectivity index (χ2v) is 26.7. The lowest BCUT2D eigenvalue weighted by Crippen LogP contribution is -3.00. The zero-order chi connectivity index (χ0) is 58.1. The van der Waals surface area contributed by atoms with Gasteiger partial charge in [0.2, 0.25) is 6.61 Å². The maximum atomic E-state index is 15.6. The average molecular weight is 1250 g/mol. The second kappa shape index (κ2) is 26.6. The molecule has 2 atom stereocenters. The van der Waals surface area contributed by atoms with E-state index in [-0.39, 0.29) is 34.1 Å². The van der Waals surface area contributed by atoms with Gasteiger partial charge in [-0.05, 0) is 85.0 Å². The van der Waals surface area contributed by atoms with Crippen molar-refractivity contribution in [1.82, 2.24) is 15.2 Å². The molecule has 0 unspecified atom stereocenters. The summed E-state index contributed by atoms with van der Waals surface area (Å²) in [6.07, 6.45) is -0.413. The Kier molecular flexibility index (Phi) is 18.7. The maximum Gasteiger partial charge on any atom is 0.356 e. The van der Waals surface area contributed by atoms with E-state index >= 15 is 14.4 Å². The summed E-state index contributed by atoms with van der Waals surface area (Å²) in [6, 6.07) is 79.2. The van der Waals surface area contributed by atoms with Gasteiger partial charge >= 0.3 is 11.9 Å². The fourth-order valence-electron chi connectivity index (χ4n) is 10.9. The summed E-state index contributed by atoms with van der Waals surface area (Å²) in [6.45, 7) is 4.60. The van der Waals surface area contributed by atoms with Gasteiger partial charge in [0, 0.05) is 16.7 Å². The van der Waals surface area contributed by atoms with Crippen molar-refractivity contribution >= 4 is 80.9 Å². The molecular formula is C69H61BrN5O7PS2. The molecule has 11 rings (SSSR count). The number of anilines is 1. The minimum Gasteiger partial charge on any atom is -1.00 e. The molecule has 8 aromatic carbocycles. The maximum absolute atomic E-state index is 15.6. The van der Waals surface area contributed by atoms with Crippen molar-refractivity contribution in [1.29, 1.82) is 0 Å². The summed E-state index contributed by atoms with van der Waals surface area (Å²) >= 11 is 2.71. The molecule has 3 heterocycles. The van der Waals surface area contributed by atoms with E-state index in [4.69, 9.17) is 19.3 Å². The van der Waals surface area contributed by atoms with Crippen LogP contribution in [0, 0.1) is 0 Å². The number of nitrogens with zero attached hydrogens (tertiary/aromatic N) is 3. The number of thiazole rings is 1. The van der Waals surface area contributed by atoms with Gasteiger partial charge in [-0.15, -0.1) is 23.1 Å². The van der Waals surface area contributed by atoms with Crippen LogP contribution in [0.15, 0.2) is 264 Å². The van der Waals surface area contributed by atoms with Crippen molar-refractivity contribution in [2.75, 3.05) is 23.8 Å². The molecule has 1 fully saturated rings. The van der Waals surface area contributed by atoms with Crippen LogP contribution < -0.4 is 43.5 Å². The van der Waals surface area contributed by atoms with Crippen molar-refractivity contribution in [2.24, 2.45) is 5.16 Å². The third-order valence-electron chi connectivity index (χ3n) is 14.6. The number of β-lactam (4-membered cyclic amide) rings is 1. The van der Waals surface area contributed by atoms with Gasteiger partial charge < -0.3 is 41.9 Å². The molecule has 428 valence electrons. The van der Waals surface area contributed by atoms with Gasteiger partial charge in [0.05, 0.1) is 6.16 Å². The summed E-state index contributed by atoms with van der Waals surface area (Å²) in [5.74, 6) is -2.35. The molecule has 85 heavy (non-hydrogen) atoms. The van der Waals surface area contributed by atoms with E-state index in [1.54, 1.807) is 26.2 Å². The Hall–Kier alpha value is -8.46. The number of amides is 2. The lowest BCUT2D eigenvalue weighted by Gasteiger charge is -2.50. The first kappa shape index (κ1) is 59.7. The molecule has 2 amide bonds. The molecule has 1 aromatic heterocycles. The van der Waals surface area contributed by atoms with Gasteiger partial charge in [-0.25, -0.2) is 14.6 Å². The van der Waals surface area contributed by atoms with Crippen molar-refractivity contribution in [2.45, 2.75) is 49.4 Å². The fourth-order valence-corrected chi connectivity index (χ4v) is 17.5. The number of hydrogen-bond donors (Lipinski definition) is 2. The Morgan fingerprint density at radius 3 is 1.53 bits per heavy atom. The number of hydrogen-bond acceptors (Lipinski definition) is 12. The number of benzene rings is 8. The van der Waals surface area contributed by atoms with Crippen LogP contribution in [0.2, 0.25) is 0 Å². The first-order valence-corrected chi connectivity index (χ1v) is 31.5. The first-order valence-electron chi connectivity index (χ1n) is 27.6. The van der Waals surface area contributed by atoms with E-state index < -0.39 is 66.3 Å². The fraction of sp³-hybridized carbons (Fsp3) is 0.159. The second-order valence-electron chi connectivity index (χ2n) is 21.2. The minimum absolute atomic E-state index is 0. The highest BCUT2D eigenvalue weighted by atomic mass is 79.9.